The molecule has 0 aromatic carbocycles. The van der Waals surface area contributed by atoms with Crippen LogP contribution in [0.1, 0.15) is 39.5 Å². The summed E-state index contributed by atoms with van der Waals surface area (Å²) in [4.78, 5) is 24.4. The number of hydrogen-bond acceptors (Lipinski definition) is 4. The number of esters is 2. The molecule has 20 heavy (non-hydrogen) atoms. The van der Waals surface area contributed by atoms with Crippen LogP contribution in [0.2, 0.25) is 0 Å². The maximum atomic E-state index is 12.2. The van der Waals surface area contributed by atoms with Crippen molar-refractivity contribution in [2.24, 2.45) is 11.3 Å². The molecule has 0 spiro atoms. The van der Waals surface area contributed by atoms with E-state index in [0.29, 0.717) is 12.8 Å². The Balaban J connectivity index is 2.48. The Morgan fingerprint density at radius 3 is 2.35 bits per heavy atom. The van der Waals surface area contributed by atoms with Gasteiger partial charge >= 0.3 is 11.9 Å². The third kappa shape index (κ3) is 2.17. The molecule has 0 bridgehead atoms. The van der Waals surface area contributed by atoms with Gasteiger partial charge in [-0.3, -0.25) is 9.59 Å². The summed E-state index contributed by atoms with van der Waals surface area (Å²) in [6.45, 7) is 4.17. The van der Waals surface area contributed by atoms with Gasteiger partial charge < -0.3 is 9.47 Å². The molecule has 4 heteroatoms. The highest BCUT2D eigenvalue weighted by Gasteiger charge is 2.56. The normalized spacial score (nSPS) is 24.6. The van der Waals surface area contributed by atoms with Crippen molar-refractivity contribution in [2.45, 2.75) is 39.5 Å². The van der Waals surface area contributed by atoms with E-state index in [1.54, 1.807) is 0 Å². The summed E-state index contributed by atoms with van der Waals surface area (Å²) in [6, 6.07) is 0. The van der Waals surface area contributed by atoms with E-state index >= 15 is 0 Å². The fourth-order valence-electron chi connectivity index (χ4n) is 3.48. The maximum absolute atomic E-state index is 12.2. The molecule has 2 aliphatic rings. The van der Waals surface area contributed by atoms with Crippen LogP contribution in [0, 0.1) is 11.3 Å². The minimum absolute atomic E-state index is 0.163. The summed E-state index contributed by atoms with van der Waals surface area (Å²) >= 11 is 0. The first-order valence-electron chi connectivity index (χ1n) is 6.98. The Kier molecular flexibility index (Phi) is 4.02. The molecule has 110 valence electrons. The van der Waals surface area contributed by atoms with Gasteiger partial charge in [-0.2, -0.15) is 0 Å². The van der Waals surface area contributed by atoms with Crippen molar-refractivity contribution in [2.75, 3.05) is 14.2 Å². The lowest BCUT2D eigenvalue weighted by atomic mass is 9.84. The Bertz CT molecular complexity index is 483. The summed E-state index contributed by atoms with van der Waals surface area (Å²) in [5.74, 6) is -0.799. The van der Waals surface area contributed by atoms with Gasteiger partial charge in [0.25, 0.3) is 0 Å². The van der Waals surface area contributed by atoms with Gasteiger partial charge in [-0.1, -0.05) is 22.8 Å². The zero-order chi connectivity index (χ0) is 14.9. The molecule has 0 amide bonds. The molecule has 2 rings (SSSR count). The predicted molar refractivity (Wildman–Crippen MR) is 74.9 cm³/mol. The highest BCUT2D eigenvalue weighted by Crippen LogP contribution is 2.52. The summed E-state index contributed by atoms with van der Waals surface area (Å²) < 4.78 is 9.77. The van der Waals surface area contributed by atoms with Crippen LogP contribution in [-0.4, -0.2) is 26.2 Å². The van der Waals surface area contributed by atoms with Crippen LogP contribution in [0.5, 0.6) is 0 Å². The minimum atomic E-state index is -1.17. The molecule has 4 nitrogen and oxygen atoms in total. The van der Waals surface area contributed by atoms with E-state index in [-0.39, 0.29) is 5.92 Å². The average molecular weight is 278 g/mol. The fourth-order valence-corrected chi connectivity index (χ4v) is 3.48. The Labute approximate surface area is 119 Å². The van der Waals surface area contributed by atoms with E-state index in [0.717, 1.165) is 12.8 Å². The van der Waals surface area contributed by atoms with Crippen LogP contribution in [0.25, 0.3) is 0 Å². The molecule has 1 unspecified atom stereocenters. The van der Waals surface area contributed by atoms with Crippen LogP contribution >= 0.6 is 0 Å². The lowest BCUT2D eigenvalue weighted by Crippen LogP contribution is -2.39. The third-order valence-electron chi connectivity index (χ3n) is 4.70. The topological polar surface area (TPSA) is 52.6 Å². The molecule has 0 aliphatic heterocycles. The third-order valence-corrected chi connectivity index (χ3v) is 4.70. The number of rotatable bonds is 2. The molecule has 2 aliphatic carbocycles. The van der Waals surface area contributed by atoms with Gasteiger partial charge in [0.1, 0.15) is 0 Å². The first-order valence-corrected chi connectivity index (χ1v) is 6.98. The SMILES string of the molecule is COC(=O)C1(C(=O)OC)CC2=C(C)CCC=C(C)C2C1. The van der Waals surface area contributed by atoms with Gasteiger partial charge in [-0.15, -0.1) is 0 Å². The number of methoxy groups -OCH3 is 2. The van der Waals surface area contributed by atoms with Crippen LogP contribution in [0.4, 0.5) is 0 Å². The number of carbonyl (C=O) groups is 2. The Hall–Kier alpha value is -1.58. The molecule has 1 atom stereocenters. The monoisotopic (exact) mass is 278 g/mol. The molecule has 1 fully saturated rings. The van der Waals surface area contributed by atoms with Crippen molar-refractivity contribution in [1.29, 1.82) is 0 Å². The first-order chi connectivity index (χ1) is 9.46. The summed E-state index contributed by atoms with van der Waals surface area (Å²) in [5, 5.41) is 0. The minimum Gasteiger partial charge on any atom is -0.468 e. The van der Waals surface area contributed by atoms with Crippen molar-refractivity contribution >= 4 is 11.9 Å². The molecule has 0 heterocycles. The maximum Gasteiger partial charge on any atom is 0.323 e. The number of allylic oxidation sites excluding steroid dienone is 4. The fraction of sp³-hybridized carbons (Fsp3) is 0.625. The molecular weight excluding hydrogens is 256 g/mol. The molecule has 0 N–H and O–H groups in total. The highest BCUT2D eigenvalue weighted by molar-refractivity contribution is 6.01. The van der Waals surface area contributed by atoms with E-state index in [9.17, 15) is 9.59 Å². The van der Waals surface area contributed by atoms with Crippen LogP contribution < -0.4 is 0 Å². The second-order valence-electron chi connectivity index (χ2n) is 5.79. The lowest BCUT2D eigenvalue weighted by molar-refractivity contribution is -0.168. The van der Waals surface area contributed by atoms with Crippen LogP contribution in [0.3, 0.4) is 0 Å². The van der Waals surface area contributed by atoms with Gasteiger partial charge in [0, 0.05) is 5.92 Å². The van der Waals surface area contributed by atoms with Crippen molar-refractivity contribution in [3.63, 3.8) is 0 Å². The summed E-state index contributed by atoms with van der Waals surface area (Å²) in [5.41, 5.74) is 2.58. The van der Waals surface area contributed by atoms with Gasteiger partial charge in [-0.05, 0) is 39.5 Å². The number of fused-ring (bicyclic) bond motifs is 1. The van der Waals surface area contributed by atoms with Gasteiger partial charge in [0.2, 0.25) is 0 Å². The van der Waals surface area contributed by atoms with Gasteiger partial charge in [0.05, 0.1) is 14.2 Å². The molecule has 0 radical (unpaired) electrons. The van der Waals surface area contributed by atoms with Crippen LogP contribution in [-0.2, 0) is 19.1 Å². The zero-order valence-corrected chi connectivity index (χ0v) is 12.6. The van der Waals surface area contributed by atoms with Gasteiger partial charge in [0.15, 0.2) is 5.41 Å². The Morgan fingerprint density at radius 1 is 1.20 bits per heavy atom. The predicted octanol–water partition coefficient (Wildman–Crippen LogP) is 2.79. The summed E-state index contributed by atoms with van der Waals surface area (Å²) in [7, 11) is 2.65. The van der Waals surface area contributed by atoms with Crippen molar-refractivity contribution in [1.82, 2.24) is 0 Å². The van der Waals surface area contributed by atoms with E-state index in [1.165, 1.54) is 30.9 Å². The van der Waals surface area contributed by atoms with E-state index in [1.807, 2.05) is 0 Å². The zero-order valence-electron chi connectivity index (χ0n) is 12.6. The molecule has 0 aromatic heterocycles. The quantitative estimate of drug-likeness (QED) is 0.443. The summed E-state index contributed by atoms with van der Waals surface area (Å²) in [6.07, 6.45) is 5.11. The van der Waals surface area contributed by atoms with E-state index in [2.05, 4.69) is 19.9 Å². The standard InChI is InChI=1S/C16H22O4/c1-10-6-5-7-11(2)13-9-16(8-12(10)13,14(17)19-3)15(18)20-4/h6,12H,5,7-9H2,1-4H3. The van der Waals surface area contributed by atoms with E-state index < -0.39 is 17.4 Å². The number of hydrogen-bond donors (Lipinski definition) is 0. The number of ether oxygens (including phenoxy) is 2. The molecule has 0 saturated heterocycles. The van der Waals surface area contributed by atoms with Crippen LogP contribution in [0.15, 0.2) is 22.8 Å². The second kappa shape index (κ2) is 5.43. The van der Waals surface area contributed by atoms with Crippen molar-refractivity contribution in [3.8, 4) is 0 Å². The molecule has 0 aromatic rings. The molecular formula is C16H22O4. The largest absolute Gasteiger partial charge is 0.468 e. The lowest BCUT2D eigenvalue weighted by Gasteiger charge is -2.23. The molecule has 1 saturated carbocycles. The second-order valence-corrected chi connectivity index (χ2v) is 5.79. The Morgan fingerprint density at radius 2 is 1.80 bits per heavy atom. The van der Waals surface area contributed by atoms with Crippen molar-refractivity contribution < 1.29 is 19.1 Å². The average Bonchev–Trinajstić information content (AvgIpc) is 2.82. The highest BCUT2D eigenvalue weighted by atomic mass is 16.5. The number of carbonyl (C=O) groups excluding carboxylic acids is 2. The van der Waals surface area contributed by atoms with E-state index in [4.69, 9.17) is 9.47 Å². The first kappa shape index (κ1) is 14.8. The van der Waals surface area contributed by atoms with Gasteiger partial charge in [-0.25, -0.2) is 0 Å². The smallest absolute Gasteiger partial charge is 0.323 e. The van der Waals surface area contributed by atoms with Crippen molar-refractivity contribution in [3.05, 3.63) is 22.8 Å².